The summed E-state index contributed by atoms with van der Waals surface area (Å²) in [5, 5.41) is 4.89. The fourth-order valence-corrected chi connectivity index (χ4v) is 14.0. The summed E-state index contributed by atoms with van der Waals surface area (Å²) in [5.74, 6) is 0. The first-order valence-electron chi connectivity index (χ1n) is 33.1. The van der Waals surface area contributed by atoms with Crippen molar-refractivity contribution in [2.45, 2.75) is 78.6 Å². The van der Waals surface area contributed by atoms with Gasteiger partial charge in [0.05, 0.1) is 33.4 Å². The Bertz CT molecular complexity index is 4750. The van der Waals surface area contributed by atoms with Gasteiger partial charge in [0.2, 0.25) is 0 Å². The number of fused-ring (bicyclic) bond motifs is 6. The van der Waals surface area contributed by atoms with Crippen molar-refractivity contribution in [2.24, 2.45) is 0 Å². The van der Waals surface area contributed by atoms with Gasteiger partial charge in [-0.05, 0) is 158 Å². The predicted octanol–water partition coefficient (Wildman–Crippen LogP) is 25.4. The lowest BCUT2D eigenvalue weighted by Crippen LogP contribution is -2.20. The molecule has 0 saturated heterocycles. The third-order valence-electron chi connectivity index (χ3n) is 18.9. The van der Waals surface area contributed by atoms with Gasteiger partial charge in [-0.15, -0.1) is 0 Å². The molecule has 0 atom stereocenters. The van der Waals surface area contributed by atoms with Gasteiger partial charge in [-0.3, -0.25) is 0 Å². The van der Waals surface area contributed by atoms with Gasteiger partial charge < -0.3 is 18.9 Å². The molecule has 0 N–H and O–H groups in total. The Kier molecular flexibility index (Phi) is 14.9. The number of rotatable bonds is 12. The second-order valence-electron chi connectivity index (χ2n) is 28.2. The summed E-state index contributed by atoms with van der Waals surface area (Å²) in [7, 11) is 0. The minimum absolute atomic E-state index is 0.185. The van der Waals surface area contributed by atoms with Crippen molar-refractivity contribution in [1.82, 2.24) is 9.13 Å². The lowest BCUT2D eigenvalue weighted by Gasteiger charge is -2.36. The zero-order chi connectivity index (χ0) is 64.5. The number of aromatic nitrogens is 2. The minimum atomic E-state index is -0.334. The van der Waals surface area contributed by atoms with E-state index in [0.717, 1.165) is 112 Å². The van der Waals surface area contributed by atoms with E-state index in [9.17, 15) is 0 Å². The van der Waals surface area contributed by atoms with Crippen LogP contribution in [-0.2, 0) is 16.2 Å². The van der Waals surface area contributed by atoms with E-state index in [-0.39, 0.29) is 16.2 Å². The zero-order valence-corrected chi connectivity index (χ0v) is 55.2. The Balaban J connectivity index is 1.10. The molecule has 0 aliphatic heterocycles. The molecule has 0 spiro atoms. The first-order chi connectivity index (χ1) is 45.5. The lowest BCUT2D eigenvalue weighted by molar-refractivity contribution is 0.590. The second kappa shape index (κ2) is 23.6. The zero-order valence-electron chi connectivity index (χ0n) is 55.2. The third kappa shape index (κ3) is 10.8. The Labute approximate surface area is 553 Å². The molecule has 13 aromatic carbocycles. The molecule has 0 aliphatic carbocycles. The van der Waals surface area contributed by atoms with Gasteiger partial charge in [0.1, 0.15) is 0 Å². The molecule has 0 bridgehead atoms. The number of para-hydroxylation sites is 4. The Morgan fingerprint density at radius 2 is 0.479 bits per heavy atom. The fourth-order valence-electron chi connectivity index (χ4n) is 14.0. The highest BCUT2D eigenvalue weighted by Gasteiger charge is 2.32. The van der Waals surface area contributed by atoms with Crippen LogP contribution in [0.2, 0.25) is 0 Å². The quantitative estimate of drug-likeness (QED) is 0.121. The number of benzene rings is 13. The maximum Gasteiger partial charge on any atom is 0.0618 e. The summed E-state index contributed by atoms with van der Waals surface area (Å²) < 4.78 is 4.90. The van der Waals surface area contributed by atoms with Gasteiger partial charge in [-0.25, -0.2) is 0 Å². The van der Waals surface area contributed by atoms with E-state index in [1.54, 1.807) is 0 Å². The Hall–Kier alpha value is -10.9. The molecule has 4 nitrogen and oxygen atoms in total. The first-order valence-corrected chi connectivity index (χ1v) is 33.1. The molecule has 4 heteroatoms. The van der Waals surface area contributed by atoms with Gasteiger partial charge in [-0.1, -0.05) is 269 Å². The van der Waals surface area contributed by atoms with Crippen LogP contribution in [0.3, 0.4) is 0 Å². The summed E-state index contributed by atoms with van der Waals surface area (Å²) >= 11 is 0. The highest BCUT2D eigenvalue weighted by molar-refractivity contribution is 6.11. The van der Waals surface area contributed by atoms with Crippen molar-refractivity contribution in [3.63, 3.8) is 0 Å². The van der Waals surface area contributed by atoms with Crippen LogP contribution in [0.15, 0.2) is 309 Å². The van der Waals surface area contributed by atoms with Crippen LogP contribution in [0.25, 0.3) is 99.5 Å². The summed E-state index contributed by atoms with van der Waals surface area (Å²) in [6.45, 7) is 21.1. The van der Waals surface area contributed by atoms with Crippen LogP contribution in [0.4, 0.5) is 34.1 Å². The van der Waals surface area contributed by atoms with Crippen LogP contribution in [-0.4, -0.2) is 9.13 Å². The molecule has 15 rings (SSSR count). The van der Waals surface area contributed by atoms with Gasteiger partial charge >= 0.3 is 0 Å². The highest BCUT2D eigenvalue weighted by atomic mass is 15.2. The molecule has 0 saturated carbocycles. The van der Waals surface area contributed by atoms with Crippen LogP contribution in [0.5, 0.6) is 0 Å². The lowest BCUT2D eigenvalue weighted by atomic mass is 9.81. The average Bonchev–Trinajstić information content (AvgIpc) is 0.900. The van der Waals surface area contributed by atoms with Crippen LogP contribution >= 0.6 is 0 Å². The number of hydrogen-bond acceptors (Lipinski definition) is 2. The van der Waals surface area contributed by atoms with E-state index < -0.39 is 0 Å². The molecular weight excluding hydrogens is 1140 g/mol. The fraction of sp³-hybridized carbons (Fsp3) is 0.133. The molecule has 0 radical (unpaired) electrons. The second-order valence-corrected chi connectivity index (χ2v) is 28.2. The first kappa shape index (κ1) is 59.4. The van der Waals surface area contributed by atoms with E-state index in [1.807, 2.05) is 0 Å². The van der Waals surface area contributed by atoms with Crippen molar-refractivity contribution < 1.29 is 0 Å². The average molecular weight is 1220 g/mol. The molecule has 2 aromatic heterocycles. The maximum absolute atomic E-state index is 2.60. The SMILES string of the molecule is CC(C)(C)c1cc(N(c2cccc(-n3c4ccccc4c4ccccc43)c2)c2c(-c3ccccc3)cc(C(C)(C)C)cc2-c2ccccc2)cc(N(c2cccc(-n3c4ccccc4c4ccccc43)c2)c2c(-c3ccccc3)cc(C(C)(C)C)cc2-c2ccccc2)c1. The molecule has 0 unspecified atom stereocenters. The normalized spacial score (nSPS) is 12.1. The van der Waals surface area contributed by atoms with Crippen LogP contribution in [0, 0.1) is 0 Å². The third-order valence-corrected chi connectivity index (χ3v) is 18.9. The minimum Gasteiger partial charge on any atom is -0.309 e. The number of anilines is 6. The van der Waals surface area contributed by atoms with Crippen LogP contribution in [0.1, 0.15) is 79.0 Å². The van der Waals surface area contributed by atoms with E-state index >= 15 is 0 Å². The topological polar surface area (TPSA) is 16.3 Å². The van der Waals surface area contributed by atoms with Crippen molar-refractivity contribution in [3.8, 4) is 55.9 Å². The van der Waals surface area contributed by atoms with Crippen molar-refractivity contribution in [2.75, 3.05) is 9.80 Å². The Morgan fingerprint density at radius 1 is 0.223 bits per heavy atom. The van der Waals surface area contributed by atoms with Gasteiger partial charge in [-0.2, -0.15) is 0 Å². The Morgan fingerprint density at radius 3 is 0.755 bits per heavy atom. The standard InChI is InChI=1S/C90H78N4/c1-88(2,3)65-52-72(91(68-40-30-42-70(58-68)93-82-48-26-22-44-74(82)75-45-23-27-49-83(75)93)86-78(61-32-14-10-15-33-61)54-66(89(4,5)6)55-79(86)62-34-16-11-17-35-62)60-73(53-65)92(69-41-31-43-71(59-69)94-84-50-28-24-46-76(84)77-47-25-29-51-85(77)94)87-80(63-36-18-12-19-37-63)56-67(90(7,8)9)57-81(87)64-38-20-13-21-39-64/h10-60H,1-9H3. The molecule has 0 fully saturated rings. The van der Waals surface area contributed by atoms with Crippen LogP contribution < -0.4 is 9.80 Å². The molecule has 0 amide bonds. The van der Waals surface area contributed by atoms with Crippen molar-refractivity contribution in [1.29, 1.82) is 0 Å². The maximum atomic E-state index is 2.60. The molecule has 15 aromatic rings. The van der Waals surface area contributed by atoms with Crippen molar-refractivity contribution >= 4 is 77.7 Å². The van der Waals surface area contributed by atoms with E-state index in [0.29, 0.717) is 0 Å². The summed E-state index contributed by atoms with van der Waals surface area (Å²) in [6.07, 6.45) is 0. The molecule has 94 heavy (non-hydrogen) atoms. The number of hydrogen-bond donors (Lipinski definition) is 0. The summed E-state index contributed by atoms with van der Waals surface area (Å²) in [6, 6.07) is 115. The highest BCUT2D eigenvalue weighted by Crippen LogP contribution is 2.54. The van der Waals surface area contributed by atoms with E-state index in [4.69, 9.17) is 0 Å². The molecule has 0 aliphatic rings. The molecule has 2 heterocycles. The molecular formula is C90H78N4. The molecule has 458 valence electrons. The summed E-state index contributed by atoms with van der Waals surface area (Å²) in [5.41, 5.74) is 25.2. The van der Waals surface area contributed by atoms with Gasteiger partial charge in [0.25, 0.3) is 0 Å². The van der Waals surface area contributed by atoms with Gasteiger partial charge in [0, 0.05) is 77.9 Å². The predicted molar refractivity (Wildman–Crippen MR) is 402 cm³/mol. The van der Waals surface area contributed by atoms with Gasteiger partial charge in [0.15, 0.2) is 0 Å². The summed E-state index contributed by atoms with van der Waals surface area (Å²) in [4.78, 5) is 5.19. The van der Waals surface area contributed by atoms with E-state index in [2.05, 4.69) is 391 Å². The monoisotopic (exact) mass is 1210 g/mol. The van der Waals surface area contributed by atoms with E-state index in [1.165, 1.54) is 38.2 Å². The van der Waals surface area contributed by atoms with Crippen molar-refractivity contribution in [3.05, 3.63) is 326 Å². The smallest absolute Gasteiger partial charge is 0.0618 e. The number of nitrogens with zero attached hydrogens (tertiary/aromatic N) is 4. The largest absolute Gasteiger partial charge is 0.309 e.